The molecule has 2 heteroatoms. The Bertz CT molecular complexity index is 351. The lowest BCUT2D eigenvalue weighted by Gasteiger charge is -1.91. The number of Topliss-reactive ketones (excluding diaryl/α,β-unsaturated/α-hetero) is 1. The molecule has 1 aliphatic carbocycles. The van der Waals surface area contributed by atoms with Crippen LogP contribution in [-0.4, -0.2) is 5.78 Å². The molecular formula is C9H6OS. The first kappa shape index (κ1) is 6.63. The SMILES string of the molecule is O=C1C#CCCc2ccsc21. The predicted molar refractivity (Wildman–Crippen MR) is 44.7 cm³/mol. The lowest BCUT2D eigenvalue weighted by atomic mass is 10.1. The fourth-order valence-electron chi connectivity index (χ4n) is 1.13. The molecule has 0 amide bonds. The Kier molecular flexibility index (Phi) is 1.52. The number of carbonyl (C=O) groups excluding carboxylic acids is 1. The third-order valence-electron chi connectivity index (χ3n) is 1.67. The van der Waals surface area contributed by atoms with Crippen LogP contribution in [0.3, 0.4) is 0 Å². The number of rotatable bonds is 0. The maximum absolute atomic E-state index is 11.2. The van der Waals surface area contributed by atoms with Crippen molar-refractivity contribution in [2.24, 2.45) is 0 Å². The van der Waals surface area contributed by atoms with Crippen molar-refractivity contribution in [2.75, 3.05) is 0 Å². The van der Waals surface area contributed by atoms with Crippen molar-refractivity contribution < 1.29 is 4.79 Å². The average Bonchev–Trinajstić information content (AvgIpc) is 2.40. The van der Waals surface area contributed by atoms with Crippen molar-refractivity contribution in [3.05, 3.63) is 21.9 Å². The lowest BCUT2D eigenvalue weighted by Crippen LogP contribution is -1.92. The summed E-state index contributed by atoms with van der Waals surface area (Å²) in [5.74, 6) is 5.44. The van der Waals surface area contributed by atoms with Crippen molar-refractivity contribution in [3.63, 3.8) is 0 Å². The van der Waals surface area contributed by atoms with Gasteiger partial charge in [0.15, 0.2) is 0 Å². The molecular weight excluding hydrogens is 156 g/mol. The molecule has 0 radical (unpaired) electrons. The summed E-state index contributed by atoms with van der Waals surface area (Å²) in [6.07, 6.45) is 1.74. The summed E-state index contributed by atoms with van der Waals surface area (Å²) in [4.78, 5) is 12.0. The number of carbonyl (C=O) groups is 1. The van der Waals surface area contributed by atoms with Crippen LogP contribution in [0.5, 0.6) is 0 Å². The van der Waals surface area contributed by atoms with E-state index in [4.69, 9.17) is 0 Å². The molecule has 0 saturated heterocycles. The van der Waals surface area contributed by atoms with E-state index >= 15 is 0 Å². The summed E-state index contributed by atoms with van der Waals surface area (Å²) in [5.41, 5.74) is 1.15. The fraction of sp³-hybridized carbons (Fsp3) is 0.222. The second kappa shape index (κ2) is 2.52. The molecule has 1 heterocycles. The highest BCUT2D eigenvalue weighted by atomic mass is 32.1. The highest BCUT2D eigenvalue weighted by Crippen LogP contribution is 2.20. The van der Waals surface area contributed by atoms with E-state index in [-0.39, 0.29) is 5.78 Å². The standard InChI is InChI=1S/C9H6OS/c10-8-4-2-1-3-7-5-6-11-9(7)8/h5-6H,1,3H2. The minimum atomic E-state index is -0.00694. The molecule has 0 aromatic carbocycles. The van der Waals surface area contributed by atoms with Crippen LogP contribution in [0.2, 0.25) is 0 Å². The molecule has 0 aliphatic heterocycles. The summed E-state index contributed by atoms with van der Waals surface area (Å²) in [6.45, 7) is 0. The van der Waals surface area contributed by atoms with Crippen LogP contribution in [0.15, 0.2) is 11.4 Å². The molecule has 1 aliphatic rings. The second-order valence-corrected chi connectivity index (χ2v) is 3.32. The summed E-state index contributed by atoms with van der Waals surface area (Å²) in [6, 6.07) is 2.01. The Morgan fingerprint density at radius 1 is 1.55 bits per heavy atom. The van der Waals surface area contributed by atoms with Crippen LogP contribution in [0.1, 0.15) is 21.7 Å². The molecule has 0 atom stereocenters. The third kappa shape index (κ3) is 1.08. The molecule has 0 unspecified atom stereocenters. The Morgan fingerprint density at radius 2 is 2.45 bits per heavy atom. The van der Waals surface area contributed by atoms with Crippen molar-refractivity contribution in [2.45, 2.75) is 12.8 Å². The summed E-state index contributed by atoms with van der Waals surface area (Å²) >= 11 is 1.49. The Hall–Kier alpha value is -1.07. The van der Waals surface area contributed by atoms with Gasteiger partial charge in [-0.15, -0.1) is 11.3 Å². The van der Waals surface area contributed by atoms with E-state index < -0.39 is 0 Å². The van der Waals surface area contributed by atoms with Gasteiger partial charge in [0.25, 0.3) is 0 Å². The molecule has 1 aromatic heterocycles. The number of hydrogen-bond acceptors (Lipinski definition) is 2. The van der Waals surface area contributed by atoms with Gasteiger partial charge in [0.05, 0.1) is 4.88 Å². The smallest absolute Gasteiger partial charge is 0.246 e. The second-order valence-electron chi connectivity index (χ2n) is 2.41. The van der Waals surface area contributed by atoms with Gasteiger partial charge in [-0.3, -0.25) is 4.79 Å². The molecule has 0 N–H and O–H groups in total. The largest absolute Gasteiger partial charge is 0.278 e. The van der Waals surface area contributed by atoms with E-state index in [2.05, 4.69) is 11.8 Å². The third-order valence-corrected chi connectivity index (χ3v) is 2.63. The van der Waals surface area contributed by atoms with Crippen molar-refractivity contribution in [1.29, 1.82) is 0 Å². The zero-order valence-electron chi connectivity index (χ0n) is 5.89. The molecule has 54 valence electrons. The summed E-state index contributed by atoms with van der Waals surface area (Å²) in [5, 5.41) is 1.95. The molecule has 1 aromatic rings. The quantitative estimate of drug-likeness (QED) is 0.420. The zero-order valence-corrected chi connectivity index (χ0v) is 6.70. The van der Waals surface area contributed by atoms with Crippen LogP contribution >= 0.6 is 11.3 Å². The van der Waals surface area contributed by atoms with E-state index in [1.165, 1.54) is 11.3 Å². The van der Waals surface area contributed by atoms with Gasteiger partial charge in [0, 0.05) is 6.42 Å². The van der Waals surface area contributed by atoms with E-state index in [0.29, 0.717) is 0 Å². The van der Waals surface area contributed by atoms with Crippen molar-refractivity contribution in [1.82, 2.24) is 0 Å². The molecule has 11 heavy (non-hydrogen) atoms. The highest BCUT2D eigenvalue weighted by Gasteiger charge is 2.11. The highest BCUT2D eigenvalue weighted by molar-refractivity contribution is 7.12. The van der Waals surface area contributed by atoms with Gasteiger partial charge in [0.2, 0.25) is 5.78 Å². The first-order valence-corrected chi connectivity index (χ1v) is 4.35. The maximum Gasteiger partial charge on any atom is 0.246 e. The molecule has 0 bridgehead atoms. The molecule has 2 rings (SSSR count). The van der Waals surface area contributed by atoms with Gasteiger partial charge in [-0.25, -0.2) is 0 Å². The predicted octanol–water partition coefficient (Wildman–Crippen LogP) is 1.88. The number of fused-ring (bicyclic) bond motifs is 1. The normalized spacial score (nSPS) is 14.7. The van der Waals surface area contributed by atoms with Crippen molar-refractivity contribution >= 4 is 17.1 Å². The average molecular weight is 162 g/mol. The Balaban J connectivity index is 2.54. The molecule has 1 nitrogen and oxygen atoms in total. The number of thiophene rings is 1. The van der Waals surface area contributed by atoms with Crippen LogP contribution in [0.25, 0.3) is 0 Å². The summed E-state index contributed by atoms with van der Waals surface area (Å²) < 4.78 is 0. The minimum Gasteiger partial charge on any atom is -0.278 e. The van der Waals surface area contributed by atoms with Crippen LogP contribution < -0.4 is 0 Å². The monoisotopic (exact) mass is 162 g/mol. The van der Waals surface area contributed by atoms with Crippen molar-refractivity contribution in [3.8, 4) is 11.8 Å². The molecule has 0 saturated carbocycles. The van der Waals surface area contributed by atoms with Gasteiger partial charge in [-0.1, -0.05) is 5.92 Å². The zero-order chi connectivity index (χ0) is 7.68. The van der Waals surface area contributed by atoms with Crippen LogP contribution in [-0.2, 0) is 6.42 Å². The van der Waals surface area contributed by atoms with Gasteiger partial charge in [-0.2, -0.15) is 0 Å². The van der Waals surface area contributed by atoms with E-state index in [9.17, 15) is 4.79 Å². The lowest BCUT2D eigenvalue weighted by molar-refractivity contribution is 0.106. The minimum absolute atomic E-state index is 0.00694. The van der Waals surface area contributed by atoms with Crippen LogP contribution in [0, 0.1) is 11.8 Å². The fourth-order valence-corrected chi connectivity index (χ4v) is 1.98. The topological polar surface area (TPSA) is 17.1 Å². The Morgan fingerprint density at radius 3 is 3.36 bits per heavy atom. The van der Waals surface area contributed by atoms with Gasteiger partial charge >= 0.3 is 0 Å². The number of ketones is 1. The summed E-state index contributed by atoms with van der Waals surface area (Å²) in [7, 11) is 0. The Labute approximate surface area is 69.1 Å². The van der Waals surface area contributed by atoms with Gasteiger partial charge < -0.3 is 0 Å². The maximum atomic E-state index is 11.2. The van der Waals surface area contributed by atoms with E-state index in [1.54, 1.807) is 0 Å². The number of aryl methyl sites for hydroxylation is 1. The van der Waals surface area contributed by atoms with Crippen LogP contribution in [0.4, 0.5) is 0 Å². The van der Waals surface area contributed by atoms with E-state index in [0.717, 1.165) is 23.3 Å². The first-order valence-electron chi connectivity index (χ1n) is 3.47. The molecule has 0 spiro atoms. The first-order chi connectivity index (χ1) is 5.38. The van der Waals surface area contributed by atoms with Gasteiger partial charge in [0.1, 0.15) is 0 Å². The van der Waals surface area contributed by atoms with Gasteiger partial charge in [-0.05, 0) is 29.4 Å². The molecule has 0 fully saturated rings. The van der Waals surface area contributed by atoms with E-state index in [1.807, 2.05) is 11.4 Å². The number of hydrogen-bond donors (Lipinski definition) is 0.